The maximum absolute atomic E-state index is 12.8. The average molecular weight is 357 g/mol. The molecule has 0 aromatic carbocycles. The fraction of sp³-hybridized carbons (Fsp3) is 0.550. The zero-order valence-electron chi connectivity index (χ0n) is 15.1. The second kappa shape index (κ2) is 8.94. The van der Waals surface area contributed by atoms with Gasteiger partial charge in [-0.25, -0.2) is 0 Å². The van der Waals surface area contributed by atoms with E-state index in [1.807, 2.05) is 23.1 Å². The van der Waals surface area contributed by atoms with Crippen LogP contribution in [-0.4, -0.2) is 48.0 Å². The monoisotopic (exact) mass is 357 g/mol. The van der Waals surface area contributed by atoms with E-state index >= 15 is 0 Å². The topological polar surface area (TPSA) is 85.5 Å². The summed E-state index contributed by atoms with van der Waals surface area (Å²) in [7, 11) is 0. The summed E-state index contributed by atoms with van der Waals surface area (Å²) in [5, 5.41) is 0. The van der Waals surface area contributed by atoms with E-state index in [2.05, 4.69) is 11.1 Å². The highest BCUT2D eigenvalue weighted by Crippen LogP contribution is 2.33. The number of allylic oxidation sites excluding steroid dienone is 1. The third-order valence-corrected chi connectivity index (χ3v) is 5.20. The molecule has 1 aliphatic carbocycles. The minimum absolute atomic E-state index is 0.0910. The van der Waals surface area contributed by atoms with E-state index in [0.29, 0.717) is 26.1 Å². The number of aromatic nitrogens is 1. The molecule has 1 saturated heterocycles. The number of rotatable bonds is 7. The molecule has 1 fully saturated rings. The highest BCUT2D eigenvalue weighted by atomic mass is 16.5. The normalized spacial score (nSPS) is 22.9. The van der Waals surface area contributed by atoms with Crippen molar-refractivity contribution in [1.82, 2.24) is 9.88 Å². The Bertz CT molecular complexity index is 660. The van der Waals surface area contributed by atoms with Crippen LogP contribution in [0, 0.1) is 5.92 Å². The molecule has 0 saturated carbocycles. The quantitative estimate of drug-likeness (QED) is 0.757. The smallest absolute Gasteiger partial charge is 0.243 e. The van der Waals surface area contributed by atoms with Crippen LogP contribution in [-0.2, 0) is 14.3 Å². The first-order valence-corrected chi connectivity index (χ1v) is 9.36. The molecular formula is C20H27N3O3. The van der Waals surface area contributed by atoms with Gasteiger partial charge in [0.05, 0.1) is 6.61 Å². The minimum atomic E-state index is -0.477. The van der Waals surface area contributed by atoms with Gasteiger partial charge in [0.25, 0.3) is 0 Å². The first-order chi connectivity index (χ1) is 12.6. The lowest BCUT2D eigenvalue weighted by Gasteiger charge is -2.19. The van der Waals surface area contributed by atoms with Crippen molar-refractivity contribution >= 4 is 11.8 Å². The largest absolute Gasteiger partial charge is 0.371 e. The second-order valence-corrected chi connectivity index (χ2v) is 7.19. The average Bonchev–Trinajstić information content (AvgIpc) is 3.07. The van der Waals surface area contributed by atoms with Crippen molar-refractivity contribution in [3.05, 3.63) is 41.7 Å². The summed E-state index contributed by atoms with van der Waals surface area (Å²) >= 11 is 0. The summed E-state index contributed by atoms with van der Waals surface area (Å²) < 4.78 is 5.46. The molecule has 1 aromatic rings. The summed E-state index contributed by atoms with van der Waals surface area (Å²) in [5.41, 5.74) is 7.39. The Balaban J connectivity index is 1.65. The molecule has 2 amide bonds. The molecule has 26 heavy (non-hydrogen) atoms. The van der Waals surface area contributed by atoms with Crippen LogP contribution in [0.25, 0.3) is 0 Å². The van der Waals surface area contributed by atoms with Gasteiger partial charge in [0.15, 0.2) is 0 Å². The van der Waals surface area contributed by atoms with E-state index < -0.39 is 5.91 Å². The van der Waals surface area contributed by atoms with Crippen LogP contribution < -0.4 is 5.73 Å². The standard InChI is InChI=1S/C20H27N3O3/c21-19(24)14-26-13-16-11-23(12-17(16)18-8-4-5-9-22-18)20(25)10-15-6-2-1-3-7-15/h4-6,8-9,16-17H,1-3,7,10-14H2,(H2,21,24)/t16-,17+/m0/s1. The Kier molecular flexibility index (Phi) is 6.39. The van der Waals surface area contributed by atoms with Crippen molar-refractivity contribution in [3.8, 4) is 0 Å². The lowest BCUT2D eigenvalue weighted by Crippen LogP contribution is -2.30. The maximum Gasteiger partial charge on any atom is 0.243 e. The Hall–Kier alpha value is -2.21. The molecule has 2 heterocycles. The number of hydrogen-bond donors (Lipinski definition) is 1. The van der Waals surface area contributed by atoms with Crippen molar-refractivity contribution in [2.45, 2.75) is 38.0 Å². The number of nitrogens with zero attached hydrogens (tertiary/aromatic N) is 2. The van der Waals surface area contributed by atoms with Gasteiger partial charge < -0.3 is 15.4 Å². The molecule has 0 bridgehead atoms. The second-order valence-electron chi connectivity index (χ2n) is 7.19. The lowest BCUT2D eigenvalue weighted by atomic mass is 9.93. The highest BCUT2D eigenvalue weighted by molar-refractivity contribution is 5.79. The van der Waals surface area contributed by atoms with Crippen molar-refractivity contribution in [2.75, 3.05) is 26.3 Å². The molecular weight excluding hydrogens is 330 g/mol. The third-order valence-electron chi connectivity index (χ3n) is 5.20. The van der Waals surface area contributed by atoms with Crippen molar-refractivity contribution < 1.29 is 14.3 Å². The van der Waals surface area contributed by atoms with Crippen LogP contribution >= 0.6 is 0 Å². The van der Waals surface area contributed by atoms with Crippen LogP contribution in [0.4, 0.5) is 0 Å². The summed E-state index contributed by atoms with van der Waals surface area (Å²) in [4.78, 5) is 30.1. The fourth-order valence-corrected chi connectivity index (χ4v) is 3.86. The molecule has 6 nitrogen and oxygen atoms in total. The maximum atomic E-state index is 12.8. The Morgan fingerprint density at radius 1 is 1.27 bits per heavy atom. The Morgan fingerprint density at radius 2 is 2.15 bits per heavy atom. The van der Waals surface area contributed by atoms with Gasteiger partial charge in [-0.2, -0.15) is 0 Å². The van der Waals surface area contributed by atoms with E-state index in [0.717, 1.165) is 18.5 Å². The van der Waals surface area contributed by atoms with Gasteiger partial charge >= 0.3 is 0 Å². The number of carbonyl (C=O) groups is 2. The summed E-state index contributed by atoms with van der Waals surface area (Å²) in [6, 6.07) is 5.83. The fourth-order valence-electron chi connectivity index (χ4n) is 3.86. The van der Waals surface area contributed by atoms with Gasteiger partial charge in [0, 0.05) is 43.2 Å². The van der Waals surface area contributed by atoms with Crippen LogP contribution in [0.2, 0.25) is 0 Å². The van der Waals surface area contributed by atoms with Gasteiger partial charge in [-0.3, -0.25) is 14.6 Å². The molecule has 0 spiro atoms. The van der Waals surface area contributed by atoms with E-state index in [9.17, 15) is 9.59 Å². The molecule has 6 heteroatoms. The molecule has 2 aliphatic rings. The summed E-state index contributed by atoms with van der Waals surface area (Å²) in [5.74, 6) is -0.0621. The number of amides is 2. The first kappa shape index (κ1) is 18.6. The van der Waals surface area contributed by atoms with Crippen LogP contribution in [0.1, 0.15) is 43.7 Å². The van der Waals surface area contributed by atoms with Crippen molar-refractivity contribution in [3.63, 3.8) is 0 Å². The van der Waals surface area contributed by atoms with E-state index in [1.54, 1.807) is 6.20 Å². The predicted molar refractivity (Wildman–Crippen MR) is 98.2 cm³/mol. The highest BCUT2D eigenvalue weighted by Gasteiger charge is 2.37. The number of pyridine rings is 1. The summed E-state index contributed by atoms with van der Waals surface area (Å²) in [6.45, 7) is 1.59. The van der Waals surface area contributed by atoms with Gasteiger partial charge in [0.2, 0.25) is 11.8 Å². The van der Waals surface area contributed by atoms with E-state index in [-0.39, 0.29) is 24.3 Å². The number of hydrogen-bond acceptors (Lipinski definition) is 4. The first-order valence-electron chi connectivity index (χ1n) is 9.36. The third kappa shape index (κ3) is 4.91. The van der Waals surface area contributed by atoms with Gasteiger partial charge in [0.1, 0.15) is 6.61 Å². The number of ether oxygens (including phenoxy) is 1. The predicted octanol–water partition coefficient (Wildman–Crippen LogP) is 2.02. The van der Waals surface area contributed by atoms with Crippen LogP contribution in [0.15, 0.2) is 36.0 Å². The molecule has 2 N–H and O–H groups in total. The number of primary amides is 1. The van der Waals surface area contributed by atoms with Crippen molar-refractivity contribution in [1.29, 1.82) is 0 Å². The molecule has 1 aliphatic heterocycles. The summed E-state index contributed by atoms with van der Waals surface area (Å²) in [6.07, 6.45) is 9.04. The lowest BCUT2D eigenvalue weighted by molar-refractivity contribution is -0.130. The molecule has 2 atom stereocenters. The molecule has 3 rings (SSSR count). The SMILES string of the molecule is NC(=O)COC[C@@H]1CN(C(=O)CC2=CCCCC2)C[C@H]1c1ccccn1. The van der Waals surface area contributed by atoms with Crippen LogP contribution in [0.3, 0.4) is 0 Å². The Labute approximate surface area is 154 Å². The van der Waals surface area contributed by atoms with Gasteiger partial charge in [-0.1, -0.05) is 17.7 Å². The van der Waals surface area contributed by atoms with E-state index in [1.165, 1.54) is 18.4 Å². The van der Waals surface area contributed by atoms with E-state index in [4.69, 9.17) is 10.5 Å². The van der Waals surface area contributed by atoms with Crippen molar-refractivity contribution in [2.24, 2.45) is 11.7 Å². The van der Waals surface area contributed by atoms with Crippen LogP contribution in [0.5, 0.6) is 0 Å². The van der Waals surface area contributed by atoms with Gasteiger partial charge in [-0.05, 0) is 37.8 Å². The number of likely N-dealkylation sites (tertiary alicyclic amines) is 1. The molecule has 140 valence electrons. The molecule has 0 unspecified atom stereocenters. The number of carbonyl (C=O) groups excluding carboxylic acids is 2. The molecule has 1 aromatic heterocycles. The Morgan fingerprint density at radius 3 is 2.85 bits per heavy atom. The zero-order chi connectivity index (χ0) is 18.4. The minimum Gasteiger partial charge on any atom is -0.371 e. The van der Waals surface area contributed by atoms with Gasteiger partial charge in [-0.15, -0.1) is 0 Å². The number of nitrogens with two attached hydrogens (primary N) is 1. The zero-order valence-corrected chi connectivity index (χ0v) is 15.1. The molecule has 0 radical (unpaired) electrons.